The fourth-order valence-corrected chi connectivity index (χ4v) is 2.48. The zero-order valence-electron chi connectivity index (χ0n) is 10.1. The van der Waals surface area contributed by atoms with Crippen molar-refractivity contribution in [3.05, 3.63) is 47.3 Å². The number of aromatic nitrogens is 1. The molecular weight excluding hydrogens is 248 g/mol. The quantitative estimate of drug-likeness (QED) is 0.779. The Morgan fingerprint density at radius 2 is 1.83 bits per heavy atom. The van der Waals surface area contributed by atoms with E-state index >= 15 is 0 Å². The number of benzene rings is 1. The van der Waals surface area contributed by atoms with Crippen molar-refractivity contribution in [2.24, 2.45) is 0 Å². The summed E-state index contributed by atoms with van der Waals surface area (Å²) in [5.41, 5.74) is 3.67. The third kappa shape index (κ3) is 2.23. The second-order valence-corrected chi connectivity index (χ2v) is 4.78. The highest BCUT2D eigenvalue weighted by molar-refractivity contribution is 6.16. The van der Waals surface area contributed by atoms with Crippen LogP contribution >= 0.6 is 11.6 Å². The molecule has 2 aromatic rings. The molecule has 0 atom stereocenters. The molecule has 0 aliphatic carbocycles. The number of hydrogen-bond donors (Lipinski definition) is 0. The topological polar surface area (TPSA) is 29.3 Å². The minimum Gasteiger partial charge on any atom is -0.432 e. The van der Waals surface area contributed by atoms with Gasteiger partial charge in [0.25, 0.3) is 6.01 Å². The highest BCUT2D eigenvalue weighted by Gasteiger charge is 2.17. The molecule has 0 N–H and O–H groups in total. The molecule has 94 valence electrons. The lowest BCUT2D eigenvalue weighted by atomic mass is 10.0. The van der Waals surface area contributed by atoms with Gasteiger partial charge in [-0.15, -0.1) is 11.6 Å². The molecule has 4 heteroatoms. The molecule has 0 unspecified atom stereocenters. The average molecular weight is 263 g/mol. The molecule has 1 aliphatic rings. The Labute approximate surface area is 111 Å². The number of oxazole rings is 1. The summed E-state index contributed by atoms with van der Waals surface area (Å²) in [5.74, 6) is 0.400. The molecule has 3 nitrogen and oxygen atoms in total. The van der Waals surface area contributed by atoms with Crippen LogP contribution in [-0.4, -0.2) is 18.1 Å². The third-order valence-corrected chi connectivity index (χ3v) is 3.64. The summed E-state index contributed by atoms with van der Waals surface area (Å²) in [4.78, 5) is 6.57. The van der Waals surface area contributed by atoms with Gasteiger partial charge in [-0.05, 0) is 24.0 Å². The molecule has 1 aliphatic heterocycles. The number of nitrogens with zero attached hydrogens (tertiary/aromatic N) is 2. The van der Waals surface area contributed by atoms with Gasteiger partial charge in [0.15, 0.2) is 0 Å². The van der Waals surface area contributed by atoms with Crippen molar-refractivity contribution < 1.29 is 4.42 Å². The molecule has 0 spiro atoms. The maximum absolute atomic E-state index is 5.74. The lowest BCUT2D eigenvalue weighted by Gasteiger charge is -2.17. The summed E-state index contributed by atoms with van der Waals surface area (Å²) in [6.45, 7) is 1.89. The molecule has 2 heterocycles. The SMILES string of the molecule is ClCc1coc(N2CCc3ccccc3CC2)n1. The van der Waals surface area contributed by atoms with Gasteiger partial charge in [0.1, 0.15) is 6.26 Å². The van der Waals surface area contributed by atoms with Crippen LogP contribution < -0.4 is 4.90 Å². The monoisotopic (exact) mass is 262 g/mol. The van der Waals surface area contributed by atoms with Crippen LogP contribution in [0.5, 0.6) is 0 Å². The first kappa shape index (κ1) is 11.6. The summed E-state index contributed by atoms with van der Waals surface area (Å²) in [6, 6.07) is 9.31. The number of fused-ring (bicyclic) bond motifs is 1. The minimum atomic E-state index is 0.400. The molecule has 0 radical (unpaired) electrons. The van der Waals surface area contributed by atoms with E-state index < -0.39 is 0 Å². The van der Waals surface area contributed by atoms with E-state index in [0.717, 1.165) is 31.6 Å². The molecule has 0 fully saturated rings. The van der Waals surface area contributed by atoms with E-state index in [4.69, 9.17) is 16.0 Å². The van der Waals surface area contributed by atoms with E-state index in [1.807, 2.05) is 0 Å². The Hall–Kier alpha value is -1.48. The van der Waals surface area contributed by atoms with E-state index in [0.29, 0.717) is 11.9 Å². The number of alkyl halides is 1. The lowest BCUT2D eigenvalue weighted by molar-refractivity contribution is 0.534. The third-order valence-electron chi connectivity index (χ3n) is 3.37. The van der Waals surface area contributed by atoms with Crippen LogP contribution in [-0.2, 0) is 18.7 Å². The molecule has 1 aromatic carbocycles. The summed E-state index contributed by atoms with van der Waals surface area (Å²) >= 11 is 5.74. The van der Waals surface area contributed by atoms with Gasteiger partial charge in [0.05, 0.1) is 11.6 Å². The Morgan fingerprint density at radius 3 is 2.39 bits per heavy atom. The highest BCUT2D eigenvalue weighted by Crippen LogP contribution is 2.20. The average Bonchev–Trinajstić information content (AvgIpc) is 2.79. The molecule has 18 heavy (non-hydrogen) atoms. The first-order chi connectivity index (χ1) is 8.86. The number of rotatable bonds is 2. The van der Waals surface area contributed by atoms with Gasteiger partial charge in [-0.25, -0.2) is 0 Å². The molecular formula is C14H15ClN2O. The van der Waals surface area contributed by atoms with Crippen molar-refractivity contribution in [2.75, 3.05) is 18.0 Å². The second-order valence-electron chi connectivity index (χ2n) is 4.51. The fourth-order valence-electron chi connectivity index (χ4n) is 2.36. The van der Waals surface area contributed by atoms with Crippen LogP contribution in [0.3, 0.4) is 0 Å². The molecule has 0 saturated heterocycles. The van der Waals surface area contributed by atoms with E-state index in [2.05, 4.69) is 34.1 Å². The minimum absolute atomic E-state index is 0.400. The van der Waals surface area contributed by atoms with E-state index in [9.17, 15) is 0 Å². The van der Waals surface area contributed by atoms with Crippen molar-refractivity contribution in [3.63, 3.8) is 0 Å². The molecule has 1 aromatic heterocycles. The number of halogens is 1. The van der Waals surface area contributed by atoms with Crippen molar-refractivity contribution >= 4 is 17.6 Å². The van der Waals surface area contributed by atoms with E-state index in [1.165, 1.54) is 11.1 Å². The smallest absolute Gasteiger partial charge is 0.297 e. The van der Waals surface area contributed by atoms with Gasteiger partial charge in [0, 0.05) is 13.1 Å². The van der Waals surface area contributed by atoms with Crippen LogP contribution in [0.15, 0.2) is 34.9 Å². The summed E-state index contributed by atoms with van der Waals surface area (Å²) < 4.78 is 5.48. The summed E-state index contributed by atoms with van der Waals surface area (Å²) in [7, 11) is 0. The Balaban J connectivity index is 1.78. The van der Waals surface area contributed by atoms with Gasteiger partial charge in [-0.2, -0.15) is 4.98 Å². The van der Waals surface area contributed by atoms with Gasteiger partial charge < -0.3 is 9.32 Å². The van der Waals surface area contributed by atoms with Gasteiger partial charge >= 0.3 is 0 Å². The van der Waals surface area contributed by atoms with Crippen LogP contribution in [0.4, 0.5) is 6.01 Å². The van der Waals surface area contributed by atoms with Crippen LogP contribution in [0, 0.1) is 0 Å². The van der Waals surface area contributed by atoms with Crippen LogP contribution in [0.25, 0.3) is 0 Å². The Kier molecular flexibility index (Phi) is 3.24. The summed E-state index contributed by atoms with van der Waals surface area (Å²) in [6.07, 6.45) is 3.71. The standard InChI is InChI=1S/C14H15ClN2O/c15-9-13-10-18-14(16-13)17-7-5-11-3-1-2-4-12(11)6-8-17/h1-4,10H,5-9H2. The predicted octanol–water partition coefficient (Wildman–Crippen LogP) is 3.02. The maximum Gasteiger partial charge on any atom is 0.297 e. The van der Waals surface area contributed by atoms with Crippen molar-refractivity contribution in [3.8, 4) is 0 Å². The number of hydrogen-bond acceptors (Lipinski definition) is 3. The van der Waals surface area contributed by atoms with Crippen molar-refractivity contribution in [1.82, 2.24) is 4.98 Å². The fraction of sp³-hybridized carbons (Fsp3) is 0.357. The van der Waals surface area contributed by atoms with Crippen molar-refractivity contribution in [1.29, 1.82) is 0 Å². The Bertz CT molecular complexity index is 511. The van der Waals surface area contributed by atoms with Gasteiger partial charge in [0.2, 0.25) is 0 Å². The molecule has 0 bridgehead atoms. The normalized spacial score (nSPS) is 15.3. The zero-order valence-corrected chi connectivity index (χ0v) is 10.9. The zero-order chi connectivity index (χ0) is 12.4. The molecule has 0 amide bonds. The van der Waals surface area contributed by atoms with Gasteiger partial charge in [-0.1, -0.05) is 24.3 Å². The van der Waals surface area contributed by atoms with E-state index in [-0.39, 0.29) is 0 Å². The summed E-state index contributed by atoms with van der Waals surface area (Å²) in [5, 5.41) is 0. The Morgan fingerprint density at radius 1 is 1.17 bits per heavy atom. The second kappa shape index (κ2) is 5.02. The predicted molar refractivity (Wildman–Crippen MR) is 72.1 cm³/mol. The van der Waals surface area contributed by atoms with Crippen molar-refractivity contribution in [2.45, 2.75) is 18.7 Å². The molecule has 0 saturated carbocycles. The lowest BCUT2D eigenvalue weighted by Crippen LogP contribution is -2.26. The van der Waals surface area contributed by atoms with Crippen LogP contribution in [0.1, 0.15) is 16.8 Å². The largest absolute Gasteiger partial charge is 0.432 e. The highest BCUT2D eigenvalue weighted by atomic mass is 35.5. The van der Waals surface area contributed by atoms with Gasteiger partial charge in [-0.3, -0.25) is 0 Å². The first-order valence-corrected chi connectivity index (χ1v) is 6.72. The van der Waals surface area contributed by atoms with E-state index in [1.54, 1.807) is 6.26 Å². The van der Waals surface area contributed by atoms with Crippen LogP contribution in [0.2, 0.25) is 0 Å². The number of anilines is 1. The maximum atomic E-state index is 5.74. The first-order valence-electron chi connectivity index (χ1n) is 6.19. The molecule has 3 rings (SSSR count).